The number of fused-ring (bicyclic) bond motifs is 2. The molecule has 3 heteroatoms. The van der Waals surface area contributed by atoms with Crippen LogP contribution in [0.4, 0.5) is 0 Å². The van der Waals surface area contributed by atoms with Gasteiger partial charge in [0, 0.05) is 25.2 Å². The molecule has 0 spiro atoms. The second-order valence-electron chi connectivity index (χ2n) is 6.07. The van der Waals surface area contributed by atoms with E-state index in [2.05, 4.69) is 4.90 Å². The Balaban J connectivity index is 1.57. The van der Waals surface area contributed by atoms with Gasteiger partial charge in [-0.25, -0.2) is 0 Å². The minimum Gasteiger partial charge on any atom is -0.372 e. The number of rotatable bonds is 2. The summed E-state index contributed by atoms with van der Waals surface area (Å²) in [6, 6.07) is 0. The molecule has 3 rings (SSSR count). The second-order valence-corrected chi connectivity index (χ2v) is 6.07. The van der Waals surface area contributed by atoms with Crippen LogP contribution < -0.4 is 5.73 Å². The molecule has 2 atom stereocenters. The molecule has 3 aliphatic rings. The number of morpholine rings is 1. The van der Waals surface area contributed by atoms with Gasteiger partial charge in [-0.2, -0.15) is 0 Å². The largest absolute Gasteiger partial charge is 0.372 e. The maximum atomic E-state index is 6.52. The van der Waals surface area contributed by atoms with Gasteiger partial charge in [-0.1, -0.05) is 19.3 Å². The van der Waals surface area contributed by atoms with E-state index in [-0.39, 0.29) is 5.54 Å². The third kappa shape index (κ3) is 2.27. The highest BCUT2D eigenvalue weighted by Gasteiger charge is 2.37. The Morgan fingerprint density at radius 2 is 1.69 bits per heavy atom. The van der Waals surface area contributed by atoms with E-state index < -0.39 is 0 Å². The number of hydrogen-bond donors (Lipinski definition) is 1. The summed E-state index contributed by atoms with van der Waals surface area (Å²) in [5.74, 6) is 0. The summed E-state index contributed by atoms with van der Waals surface area (Å²) in [6.07, 6.45) is 10.0. The van der Waals surface area contributed by atoms with Gasteiger partial charge in [-0.05, 0) is 25.7 Å². The summed E-state index contributed by atoms with van der Waals surface area (Å²) in [4.78, 5) is 2.57. The fourth-order valence-electron chi connectivity index (χ4n) is 3.69. The zero-order valence-corrected chi connectivity index (χ0v) is 10.2. The first-order chi connectivity index (χ1) is 7.73. The zero-order valence-electron chi connectivity index (χ0n) is 10.2. The van der Waals surface area contributed by atoms with Crippen molar-refractivity contribution in [1.29, 1.82) is 0 Å². The van der Waals surface area contributed by atoms with E-state index in [4.69, 9.17) is 10.5 Å². The van der Waals surface area contributed by atoms with Gasteiger partial charge in [0.05, 0.1) is 12.2 Å². The van der Waals surface area contributed by atoms with E-state index in [1.54, 1.807) is 0 Å². The average Bonchev–Trinajstić information content (AvgIpc) is 2.58. The average molecular weight is 224 g/mol. The first-order valence-corrected chi connectivity index (χ1v) is 6.90. The van der Waals surface area contributed by atoms with Crippen molar-refractivity contribution in [3.05, 3.63) is 0 Å². The Morgan fingerprint density at radius 1 is 1.06 bits per heavy atom. The Kier molecular flexibility index (Phi) is 2.94. The molecule has 1 saturated carbocycles. The lowest BCUT2D eigenvalue weighted by Crippen LogP contribution is -2.55. The third-order valence-corrected chi connectivity index (χ3v) is 4.51. The summed E-state index contributed by atoms with van der Waals surface area (Å²) in [7, 11) is 0. The topological polar surface area (TPSA) is 38.5 Å². The van der Waals surface area contributed by atoms with Gasteiger partial charge in [0.2, 0.25) is 0 Å². The molecule has 0 aromatic heterocycles. The molecule has 3 fully saturated rings. The highest BCUT2D eigenvalue weighted by atomic mass is 16.5. The van der Waals surface area contributed by atoms with Gasteiger partial charge in [-0.15, -0.1) is 0 Å². The minimum atomic E-state index is 0.106. The maximum absolute atomic E-state index is 6.52. The van der Waals surface area contributed by atoms with Crippen molar-refractivity contribution in [3.8, 4) is 0 Å². The fourth-order valence-corrected chi connectivity index (χ4v) is 3.69. The molecule has 92 valence electrons. The number of hydrogen-bond acceptors (Lipinski definition) is 3. The van der Waals surface area contributed by atoms with Crippen LogP contribution in [0.3, 0.4) is 0 Å². The molecule has 2 heterocycles. The number of ether oxygens (including phenoxy) is 1. The summed E-state index contributed by atoms with van der Waals surface area (Å²) in [5.41, 5.74) is 6.62. The van der Waals surface area contributed by atoms with Crippen LogP contribution in [0.5, 0.6) is 0 Å². The smallest absolute Gasteiger partial charge is 0.0707 e. The number of nitrogens with two attached hydrogens (primary N) is 1. The molecule has 3 nitrogen and oxygen atoms in total. The van der Waals surface area contributed by atoms with E-state index in [0.717, 1.165) is 19.6 Å². The monoisotopic (exact) mass is 224 g/mol. The summed E-state index contributed by atoms with van der Waals surface area (Å²) >= 11 is 0. The molecule has 2 bridgehead atoms. The SMILES string of the molecule is NC1(CN2CC3CCC(C2)O3)CCCCC1. The van der Waals surface area contributed by atoms with Crippen LogP contribution in [0, 0.1) is 0 Å². The molecular formula is C13H24N2O. The quantitative estimate of drug-likeness (QED) is 0.772. The van der Waals surface area contributed by atoms with Crippen LogP contribution >= 0.6 is 0 Å². The summed E-state index contributed by atoms with van der Waals surface area (Å²) in [5, 5.41) is 0. The molecule has 0 aromatic rings. The van der Waals surface area contributed by atoms with Crippen LogP contribution in [-0.2, 0) is 4.74 Å². The number of likely N-dealkylation sites (tertiary alicyclic amines) is 1. The van der Waals surface area contributed by atoms with Crippen LogP contribution in [0.15, 0.2) is 0 Å². The highest BCUT2D eigenvalue weighted by Crippen LogP contribution is 2.30. The molecule has 2 saturated heterocycles. The van der Waals surface area contributed by atoms with Gasteiger partial charge >= 0.3 is 0 Å². The van der Waals surface area contributed by atoms with Gasteiger partial charge < -0.3 is 10.5 Å². The van der Waals surface area contributed by atoms with Crippen molar-refractivity contribution in [1.82, 2.24) is 4.90 Å². The van der Waals surface area contributed by atoms with Crippen molar-refractivity contribution < 1.29 is 4.74 Å². The van der Waals surface area contributed by atoms with Crippen LogP contribution in [0.1, 0.15) is 44.9 Å². The lowest BCUT2D eigenvalue weighted by molar-refractivity contribution is -0.0459. The molecule has 0 radical (unpaired) electrons. The molecule has 0 amide bonds. The summed E-state index contributed by atoms with van der Waals surface area (Å²) in [6.45, 7) is 3.34. The van der Waals surface area contributed by atoms with Crippen molar-refractivity contribution >= 4 is 0 Å². The lowest BCUT2D eigenvalue weighted by Gasteiger charge is -2.41. The Hall–Kier alpha value is -0.120. The molecule has 16 heavy (non-hydrogen) atoms. The molecule has 0 aromatic carbocycles. The predicted molar refractivity (Wildman–Crippen MR) is 64.3 cm³/mol. The highest BCUT2D eigenvalue weighted by molar-refractivity contribution is 4.94. The van der Waals surface area contributed by atoms with E-state index in [1.807, 2.05) is 0 Å². The molecular weight excluding hydrogens is 200 g/mol. The van der Waals surface area contributed by atoms with Crippen molar-refractivity contribution in [3.63, 3.8) is 0 Å². The van der Waals surface area contributed by atoms with Gasteiger partial charge in [0.25, 0.3) is 0 Å². The molecule has 2 unspecified atom stereocenters. The standard InChI is InChI=1S/C13H24N2O/c14-13(6-2-1-3-7-13)10-15-8-11-4-5-12(9-15)16-11/h11-12H,1-10,14H2. The van der Waals surface area contributed by atoms with Crippen LogP contribution in [0.2, 0.25) is 0 Å². The lowest BCUT2D eigenvalue weighted by atomic mass is 9.82. The predicted octanol–water partition coefficient (Wildman–Crippen LogP) is 1.51. The van der Waals surface area contributed by atoms with Crippen molar-refractivity contribution in [2.45, 2.75) is 62.7 Å². The normalized spacial score (nSPS) is 38.8. The Labute approximate surface area is 98.3 Å². The Bertz CT molecular complexity index is 238. The number of nitrogens with zero attached hydrogens (tertiary/aromatic N) is 1. The summed E-state index contributed by atoms with van der Waals surface area (Å²) < 4.78 is 5.87. The van der Waals surface area contributed by atoms with E-state index >= 15 is 0 Å². The maximum Gasteiger partial charge on any atom is 0.0707 e. The van der Waals surface area contributed by atoms with Crippen LogP contribution in [-0.4, -0.2) is 42.3 Å². The Morgan fingerprint density at radius 3 is 2.31 bits per heavy atom. The molecule has 2 aliphatic heterocycles. The van der Waals surface area contributed by atoms with Crippen LogP contribution in [0.25, 0.3) is 0 Å². The van der Waals surface area contributed by atoms with E-state index in [1.165, 1.54) is 44.9 Å². The van der Waals surface area contributed by atoms with Gasteiger partial charge in [0.1, 0.15) is 0 Å². The third-order valence-electron chi connectivity index (χ3n) is 4.51. The van der Waals surface area contributed by atoms with Crippen molar-refractivity contribution in [2.75, 3.05) is 19.6 Å². The van der Waals surface area contributed by atoms with E-state index in [0.29, 0.717) is 12.2 Å². The second kappa shape index (κ2) is 4.28. The minimum absolute atomic E-state index is 0.106. The molecule has 1 aliphatic carbocycles. The van der Waals surface area contributed by atoms with Gasteiger partial charge in [0.15, 0.2) is 0 Å². The fraction of sp³-hybridized carbons (Fsp3) is 1.00. The van der Waals surface area contributed by atoms with Crippen molar-refractivity contribution in [2.24, 2.45) is 5.73 Å². The molecule has 2 N–H and O–H groups in total. The van der Waals surface area contributed by atoms with E-state index in [9.17, 15) is 0 Å². The van der Waals surface area contributed by atoms with Gasteiger partial charge in [-0.3, -0.25) is 4.90 Å². The first kappa shape index (κ1) is 11.0. The first-order valence-electron chi connectivity index (χ1n) is 6.90. The zero-order chi connectivity index (χ0) is 11.0.